The van der Waals surface area contributed by atoms with Gasteiger partial charge in [0.1, 0.15) is 0 Å². The van der Waals surface area contributed by atoms with E-state index in [9.17, 15) is 9.59 Å². The Balaban J connectivity index is 2.18. The van der Waals surface area contributed by atoms with Crippen LogP contribution in [0.4, 0.5) is 0 Å². The Labute approximate surface area is 148 Å². The highest BCUT2D eigenvalue weighted by molar-refractivity contribution is 9.10. The molecular formula is C17H18BrNO3S. The van der Waals surface area contributed by atoms with Crippen LogP contribution < -0.4 is 0 Å². The van der Waals surface area contributed by atoms with Gasteiger partial charge in [-0.05, 0) is 44.2 Å². The van der Waals surface area contributed by atoms with E-state index in [-0.39, 0.29) is 23.3 Å². The van der Waals surface area contributed by atoms with Crippen LogP contribution in [0.5, 0.6) is 0 Å². The topological polar surface area (TPSA) is 48.3 Å². The van der Waals surface area contributed by atoms with Crippen LogP contribution in [0.1, 0.15) is 21.7 Å². The Morgan fingerprint density at radius 1 is 1.17 bits per heavy atom. The van der Waals surface area contributed by atoms with Gasteiger partial charge in [-0.3, -0.25) is 9.59 Å². The largest absolute Gasteiger partial charge is 0.468 e. The molecule has 4 nitrogen and oxygen atoms in total. The fraction of sp³-hybridized carbons (Fsp3) is 0.294. The molecule has 0 atom stereocenters. The lowest BCUT2D eigenvalue weighted by atomic mass is 10.2. The van der Waals surface area contributed by atoms with Crippen molar-refractivity contribution in [2.24, 2.45) is 0 Å². The summed E-state index contributed by atoms with van der Waals surface area (Å²) in [4.78, 5) is 23.5. The van der Waals surface area contributed by atoms with Gasteiger partial charge in [0.2, 0.25) is 0 Å². The highest BCUT2D eigenvalue weighted by Crippen LogP contribution is 2.23. The van der Waals surface area contributed by atoms with Crippen molar-refractivity contribution in [1.82, 2.24) is 4.57 Å². The summed E-state index contributed by atoms with van der Waals surface area (Å²) in [6, 6.07) is 9.86. The summed E-state index contributed by atoms with van der Waals surface area (Å²) in [6.45, 7) is 3.92. The van der Waals surface area contributed by atoms with Crippen molar-refractivity contribution in [2.45, 2.75) is 13.8 Å². The molecule has 2 rings (SSSR count). The van der Waals surface area contributed by atoms with Crippen molar-refractivity contribution in [3.05, 3.63) is 51.8 Å². The third-order valence-corrected chi connectivity index (χ3v) is 4.93. The molecule has 0 radical (unpaired) electrons. The van der Waals surface area contributed by atoms with Gasteiger partial charge in [-0.15, -0.1) is 11.8 Å². The van der Waals surface area contributed by atoms with E-state index in [1.54, 1.807) is 0 Å². The maximum absolute atomic E-state index is 12.4. The van der Waals surface area contributed by atoms with Gasteiger partial charge in [0.05, 0.1) is 18.6 Å². The molecule has 1 heterocycles. The van der Waals surface area contributed by atoms with Gasteiger partial charge < -0.3 is 9.30 Å². The van der Waals surface area contributed by atoms with Crippen molar-refractivity contribution in [3.63, 3.8) is 0 Å². The van der Waals surface area contributed by atoms with E-state index in [2.05, 4.69) is 25.2 Å². The molecule has 0 N–H and O–H groups in total. The van der Waals surface area contributed by atoms with Gasteiger partial charge >= 0.3 is 5.97 Å². The van der Waals surface area contributed by atoms with Crippen LogP contribution in [0.15, 0.2) is 34.8 Å². The smallest absolute Gasteiger partial charge is 0.315 e. The highest BCUT2D eigenvalue weighted by Gasteiger charge is 2.17. The van der Waals surface area contributed by atoms with E-state index in [0.717, 1.165) is 21.5 Å². The zero-order chi connectivity index (χ0) is 17.0. The Kier molecular flexibility index (Phi) is 6.07. The van der Waals surface area contributed by atoms with E-state index in [4.69, 9.17) is 0 Å². The maximum atomic E-state index is 12.4. The number of carbonyl (C=O) groups is 2. The number of ether oxygens (including phenoxy) is 1. The van der Waals surface area contributed by atoms with Crippen LogP contribution >= 0.6 is 27.7 Å². The number of hydrogen-bond donors (Lipinski definition) is 0. The average molecular weight is 396 g/mol. The number of benzene rings is 1. The third-order valence-electron chi connectivity index (χ3n) is 3.50. The summed E-state index contributed by atoms with van der Waals surface area (Å²) >= 11 is 4.70. The lowest BCUT2D eigenvalue weighted by Gasteiger charge is -2.10. The monoisotopic (exact) mass is 395 g/mol. The standard InChI is InChI=1S/C17H18BrNO3S/c1-11-8-15(16(20)9-23-10-17(21)22-3)12(2)19(11)14-6-4-13(18)5-7-14/h4-8H,9-10H2,1-3H3. The van der Waals surface area contributed by atoms with Crippen LogP contribution in [-0.4, -0.2) is 34.9 Å². The maximum Gasteiger partial charge on any atom is 0.315 e. The van der Waals surface area contributed by atoms with Gasteiger partial charge in [-0.25, -0.2) is 0 Å². The van der Waals surface area contributed by atoms with Crippen LogP contribution in [-0.2, 0) is 9.53 Å². The number of rotatable bonds is 6. The van der Waals surface area contributed by atoms with Gasteiger partial charge in [-0.1, -0.05) is 15.9 Å². The zero-order valence-corrected chi connectivity index (χ0v) is 15.7. The van der Waals surface area contributed by atoms with Crippen molar-refractivity contribution in [3.8, 4) is 5.69 Å². The van der Waals surface area contributed by atoms with Crippen molar-refractivity contribution in [1.29, 1.82) is 0 Å². The third kappa shape index (κ3) is 4.26. The summed E-state index contributed by atoms with van der Waals surface area (Å²) in [5.74, 6) is 0.159. The van der Waals surface area contributed by atoms with Gasteiger partial charge in [0, 0.05) is 27.1 Å². The quantitative estimate of drug-likeness (QED) is 0.548. The van der Waals surface area contributed by atoms with Crippen molar-refractivity contribution in [2.75, 3.05) is 18.6 Å². The second-order valence-electron chi connectivity index (χ2n) is 5.09. The molecule has 0 unspecified atom stereocenters. The molecule has 6 heteroatoms. The Morgan fingerprint density at radius 3 is 2.43 bits per heavy atom. The second-order valence-corrected chi connectivity index (χ2v) is 6.99. The molecule has 0 aliphatic rings. The average Bonchev–Trinajstić information content (AvgIpc) is 2.83. The molecule has 1 aromatic carbocycles. The first-order valence-electron chi connectivity index (χ1n) is 7.06. The molecule has 23 heavy (non-hydrogen) atoms. The molecule has 0 spiro atoms. The molecule has 0 aliphatic carbocycles. The summed E-state index contributed by atoms with van der Waals surface area (Å²) < 4.78 is 7.65. The molecule has 0 aliphatic heterocycles. The van der Waals surface area contributed by atoms with Crippen LogP contribution in [0.2, 0.25) is 0 Å². The molecule has 0 fully saturated rings. The van der Waals surface area contributed by atoms with E-state index in [1.165, 1.54) is 18.9 Å². The van der Waals surface area contributed by atoms with E-state index in [1.807, 2.05) is 44.2 Å². The first kappa shape index (κ1) is 17.8. The highest BCUT2D eigenvalue weighted by atomic mass is 79.9. The number of methoxy groups -OCH3 is 1. The number of halogens is 1. The molecule has 1 aromatic heterocycles. The normalized spacial score (nSPS) is 10.6. The predicted octanol–water partition coefficient (Wildman–Crippen LogP) is 3.95. The molecular weight excluding hydrogens is 378 g/mol. The fourth-order valence-electron chi connectivity index (χ4n) is 2.40. The SMILES string of the molecule is COC(=O)CSCC(=O)c1cc(C)n(-c2ccc(Br)cc2)c1C. The Hall–Kier alpha value is -1.53. The molecule has 2 aromatic rings. The van der Waals surface area contributed by atoms with Gasteiger partial charge in [-0.2, -0.15) is 0 Å². The zero-order valence-electron chi connectivity index (χ0n) is 13.3. The number of thioether (sulfide) groups is 1. The number of Topliss-reactive ketones (excluding diaryl/α,β-unsaturated/α-hetero) is 1. The van der Waals surface area contributed by atoms with Crippen molar-refractivity contribution < 1.29 is 14.3 Å². The molecule has 0 saturated heterocycles. The predicted molar refractivity (Wildman–Crippen MR) is 96.6 cm³/mol. The number of carbonyl (C=O) groups excluding carboxylic acids is 2. The Bertz CT molecular complexity index is 722. The first-order chi connectivity index (χ1) is 10.9. The van der Waals surface area contributed by atoms with Gasteiger partial charge in [0.15, 0.2) is 5.78 Å². The summed E-state index contributed by atoms with van der Waals surface area (Å²) in [5, 5.41) is 0. The number of aromatic nitrogens is 1. The number of hydrogen-bond acceptors (Lipinski definition) is 4. The lowest BCUT2D eigenvalue weighted by Crippen LogP contribution is -2.09. The van der Waals surface area contributed by atoms with Gasteiger partial charge in [0.25, 0.3) is 0 Å². The van der Waals surface area contributed by atoms with Crippen LogP contribution in [0, 0.1) is 13.8 Å². The molecule has 0 saturated carbocycles. The summed E-state index contributed by atoms with van der Waals surface area (Å²) in [6.07, 6.45) is 0. The summed E-state index contributed by atoms with van der Waals surface area (Å²) in [5.41, 5.74) is 3.63. The number of ketones is 1. The molecule has 0 bridgehead atoms. The molecule has 0 amide bonds. The second kappa shape index (κ2) is 7.84. The summed E-state index contributed by atoms with van der Waals surface area (Å²) in [7, 11) is 1.34. The van der Waals surface area contributed by atoms with E-state index >= 15 is 0 Å². The van der Waals surface area contributed by atoms with Crippen LogP contribution in [0.25, 0.3) is 5.69 Å². The lowest BCUT2D eigenvalue weighted by molar-refractivity contribution is -0.137. The minimum Gasteiger partial charge on any atom is -0.468 e. The Morgan fingerprint density at radius 2 is 1.83 bits per heavy atom. The minimum absolute atomic E-state index is 0.0235. The number of esters is 1. The van der Waals surface area contributed by atoms with E-state index < -0.39 is 0 Å². The molecule has 122 valence electrons. The fourth-order valence-corrected chi connectivity index (χ4v) is 3.39. The first-order valence-corrected chi connectivity index (χ1v) is 9.01. The van der Waals surface area contributed by atoms with Crippen LogP contribution in [0.3, 0.4) is 0 Å². The minimum atomic E-state index is -0.317. The van der Waals surface area contributed by atoms with E-state index in [0.29, 0.717) is 5.56 Å². The van der Waals surface area contributed by atoms with Crippen molar-refractivity contribution >= 4 is 39.4 Å². The number of aryl methyl sites for hydroxylation is 1. The number of nitrogens with zero attached hydrogens (tertiary/aromatic N) is 1.